The molecule has 0 radical (unpaired) electrons. The number of anilines is 2. The van der Waals surface area contributed by atoms with Crippen LogP contribution >= 0.6 is 11.6 Å². The Morgan fingerprint density at radius 1 is 0.808 bits per heavy atom. The molecule has 0 aromatic heterocycles. The summed E-state index contributed by atoms with van der Waals surface area (Å²) in [4.78, 5) is 24.1. The molecule has 6 heteroatoms. The fraction of sp³-hybridized carbons (Fsp3) is 0.300. The molecule has 0 spiro atoms. The molecule has 0 aliphatic carbocycles. The van der Waals surface area contributed by atoms with E-state index in [-0.39, 0.29) is 11.8 Å². The van der Waals surface area contributed by atoms with Crippen molar-refractivity contribution >= 4 is 34.8 Å². The van der Waals surface area contributed by atoms with Gasteiger partial charge in [0.05, 0.1) is 0 Å². The van der Waals surface area contributed by atoms with Gasteiger partial charge in [0.25, 0.3) is 5.91 Å². The summed E-state index contributed by atoms with van der Waals surface area (Å²) in [5, 5.41) is 6.25. The van der Waals surface area contributed by atoms with E-state index < -0.39 is 0 Å². The van der Waals surface area contributed by atoms with Crippen LogP contribution in [0.4, 0.5) is 11.4 Å². The topological polar surface area (TPSA) is 84.2 Å². The second-order valence-corrected chi connectivity index (χ2v) is 6.48. The summed E-state index contributed by atoms with van der Waals surface area (Å²) in [6.07, 6.45) is 4.44. The molecule has 5 nitrogen and oxygen atoms in total. The zero-order valence-electron chi connectivity index (χ0n) is 14.6. The predicted molar refractivity (Wildman–Crippen MR) is 107 cm³/mol. The first-order valence-electron chi connectivity index (χ1n) is 8.75. The molecule has 0 atom stereocenters. The average Bonchev–Trinajstić information content (AvgIpc) is 2.63. The van der Waals surface area contributed by atoms with E-state index in [0.717, 1.165) is 25.7 Å². The van der Waals surface area contributed by atoms with Crippen molar-refractivity contribution < 1.29 is 9.59 Å². The van der Waals surface area contributed by atoms with Crippen molar-refractivity contribution in [2.24, 2.45) is 5.73 Å². The molecule has 0 unspecified atom stereocenters. The first kappa shape index (κ1) is 19.9. The third kappa shape index (κ3) is 6.86. The van der Waals surface area contributed by atoms with Crippen molar-refractivity contribution in [3.05, 3.63) is 59.1 Å². The molecule has 2 aromatic carbocycles. The minimum atomic E-state index is -0.212. The Morgan fingerprint density at radius 2 is 1.38 bits per heavy atom. The highest BCUT2D eigenvalue weighted by Gasteiger charge is 2.07. The molecule has 4 N–H and O–H groups in total. The van der Waals surface area contributed by atoms with E-state index in [2.05, 4.69) is 10.6 Å². The molecule has 0 fully saturated rings. The number of carbonyl (C=O) groups excluding carboxylic acids is 2. The molecule has 2 aromatic rings. The monoisotopic (exact) mass is 373 g/mol. The quantitative estimate of drug-likeness (QED) is 0.568. The summed E-state index contributed by atoms with van der Waals surface area (Å²) < 4.78 is 0. The summed E-state index contributed by atoms with van der Waals surface area (Å²) in [6, 6.07) is 13.7. The van der Waals surface area contributed by atoms with Crippen LogP contribution in [0.25, 0.3) is 0 Å². The number of benzene rings is 2. The molecule has 0 bridgehead atoms. The minimum Gasteiger partial charge on any atom is -0.330 e. The highest BCUT2D eigenvalue weighted by atomic mass is 35.5. The van der Waals surface area contributed by atoms with Crippen LogP contribution in [0.3, 0.4) is 0 Å². The fourth-order valence-electron chi connectivity index (χ4n) is 2.45. The van der Waals surface area contributed by atoms with E-state index in [0.29, 0.717) is 34.9 Å². The SMILES string of the molecule is NCCCCCCC(=O)Nc1ccc(NC(=O)c2ccc(Cl)cc2)cc1. The molecule has 0 aliphatic heterocycles. The van der Waals surface area contributed by atoms with Gasteiger partial charge in [0.1, 0.15) is 0 Å². The normalized spacial score (nSPS) is 10.4. The number of hydrogen-bond donors (Lipinski definition) is 3. The minimum absolute atomic E-state index is 0.00398. The van der Waals surface area contributed by atoms with Crippen molar-refractivity contribution in [1.29, 1.82) is 0 Å². The van der Waals surface area contributed by atoms with E-state index in [4.69, 9.17) is 17.3 Å². The average molecular weight is 374 g/mol. The van der Waals surface area contributed by atoms with Gasteiger partial charge >= 0.3 is 0 Å². The van der Waals surface area contributed by atoms with Crippen LogP contribution in [0.5, 0.6) is 0 Å². The van der Waals surface area contributed by atoms with Gasteiger partial charge in [-0.05, 0) is 67.9 Å². The molecule has 0 saturated heterocycles. The number of halogens is 1. The molecule has 0 saturated carbocycles. The van der Waals surface area contributed by atoms with Gasteiger partial charge in [-0.1, -0.05) is 24.4 Å². The van der Waals surface area contributed by atoms with Gasteiger partial charge in [-0.15, -0.1) is 0 Å². The van der Waals surface area contributed by atoms with E-state index in [1.54, 1.807) is 48.5 Å². The van der Waals surface area contributed by atoms with E-state index in [1.807, 2.05) is 0 Å². The van der Waals surface area contributed by atoms with Crippen molar-refractivity contribution in [1.82, 2.24) is 0 Å². The van der Waals surface area contributed by atoms with Gasteiger partial charge in [0.2, 0.25) is 5.91 Å². The number of nitrogens with two attached hydrogens (primary N) is 1. The highest BCUT2D eigenvalue weighted by Crippen LogP contribution is 2.16. The van der Waals surface area contributed by atoms with Crippen LogP contribution in [0.2, 0.25) is 5.02 Å². The second-order valence-electron chi connectivity index (χ2n) is 6.04. The molecular weight excluding hydrogens is 350 g/mol. The van der Waals surface area contributed by atoms with Gasteiger partial charge in [0, 0.05) is 28.4 Å². The predicted octanol–water partition coefficient (Wildman–Crippen LogP) is 4.44. The third-order valence-corrected chi connectivity index (χ3v) is 4.14. The summed E-state index contributed by atoms with van der Waals surface area (Å²) >= 11 is 5.82. The van der Waals surface area contributed by atoms with E-state index in [1.165, 1.54) is 0 Å². The van der Waals surface area contributed by atoms with Crippen molar-refractivity contribution in [3.63, 3.8) is 0 Å². The van der Waals surface area contributed by atoms with E-state index in [9.17, 15) is 9.59 Å². The lowest BCUT2D eigenvalue weighted by Crippen LogP contribution is -2.13. The van der Waals surface area contributed by atoms with Crippen LogP contribution in [-0.2, 0) is 4.79 Å². The van der Waals surface area contributed by atoms with E-state index >= 15 is 0 Å². The van der Waals surface area contributed by atoms with Crippen LogP contribution < -0.4 is 16.4 Å². The van der Waals surface area contributed by atoms with Gasteiger partial charge < -0.3 is 16.4 Å². The van der Waals surface area contributed by atoms with Gasteiger partial charge in [-0.25, -0.2) is 0 Å². The Morgan fingerprint density at radius 3 is 2.00 bits per heavy atom. The van der Waals surface area contributed by atoms with Crippen molar-refractivity contribution in [3.8, 4) is 0 Å². The first-order valence-corrected chi connectivity index (χ1v) is 9.13. The lowest BCUT2D eigenvalue weighted by Gasteiger charge is -2.08. The molecule has 2 amide bonds. The van der Waals surface area contributed by atoms with Gasteiger partial charge in [-0.3, -0.25) is 9.59 Å². The number of amides is 2. The maximum Gasteiger partial charge on any atom is 0.255 e. The van der Waals surface area contributed by atoms with Crippen LogP contribution in [0.15, 0.2) is 48.5 Å². The highest BCUT2D eigenvalue weighted by molar-refractivity contribution is 6.30. The van der Waals surface area contributed by atoms with Gasteiger partial charge in [0.15, 0.2) is 0 Å². The summed E-state index contributed by atoms with van der Waals surface area (Å²) in [6.45, 7) is 0.701. The summed E-state index contributed by atoms with van der Waals surface area (Å²) in [5.41, 5.74) is 7.34. The summed E-state index contributed by atoms with van der Waals surface area (Å²) in [5.74, 6) is -0.216. The maximum absolute atomic E-state index is 12.1. The molecule has 0 aliphatic rings. The molecule has 2 rings (SSSR count). The lowest BCUT2D eigenvalue weighted by atomic mass is 10.1. The second kappa shape index (κ2) is 10.6. The zero-order chi connectivity index (χ0) is 18.8. The smallest absolute Gasteiger partial charge is 0.255 e. The Balaban J connectivity index is 1.79. The lowest BCUT2D eigenvalue weighted by molar-refractivity contribution is -0.116. The van der Waals surface area contributed by atoms with Crippen LogP contribution in [0.1, 0.15) is 42.5 Å². The van der Waals surface area contributed by atoms with Crippen molar-refractivity contribution in [2.75, 3.05) is 17.2 Å². The molecule has 138 valence electrons. The Bertz CT molecular complexity index is 715. The van der Waals surface area contributed by atoms with Crippen LogP contribution in [0, 0.1) is 0 Å². The maximum atomic E-state index is 12.1. The number of carbonyl (C=O) groups is 2. The first-order chi connectivity index (χ1) is 12.6. The number of unbranched alkanes of at least 4 members (excludes halogenated alkanes) is 3. The number of nitrogens with one attached hydrogen (secondary N) is 2. The van der Waals surface area contributed by atoms with Gasteiger partial charge in [-0.2, -0.15) is 0 Å². The Labute approximate surface area is 158 Å². The van der Waals surface area contributed by atoms with Crippen molar-refractivity contribution in [2.45, 2.75) is 32.1 Å². The fourth-order valence-corrected chi connectivity index (χ4v) is 2.57. The molecule has 0 heterocycles. The third-order valence-electron chi connectivity index (χ3n) is 3.89. The Hall–Kier alpha value is -2.37. The number of hydrogen-bond acceptors (Lipinski definition) is 3. The van der Waals surface area contributed by atoms with Crippen LogP contribution in [-0.4, -0.2) is 18.4 Å². The Kier molecular flexibility index (Phi) is 8.12. The number of rotatable bonds is 9. The summed E-state index contributed by atoms with van der Waals surface area (Å²) in [7, 11) is 0. The standard InChI is InChI=1S/C20H24ClN3O2/c21-16-8-6-15(7-9-16)20(26)24-18-12-10-17(11-13-18)23-19(25)5-3-1-2-4-14-22/h6-13H,1-5,14,22H2,(H,23,25)(H,24,26). The zero-order valence-corrected chi connectivity index (χ0v) is 15.4. The largest absolute Gasteiger partial charge is 0.330 e. The molecule has 26 heavy (non-hydrogen) atoms. The molecular formula is C20H24ClN3O2.